The quantitative estimate of drug-likeness (QED) is 0.666. The molecule has 1 heterocycles. The van der Waals surface area contributed by atoms with E-state index < -0.39 is 22.7 Å². The first-order valence-electron chi connectivity index (χ1n) is 5.99. The molecule has 2 N–H and O–H groups in total. The van der Waals surface area contributed by atoms with Gasteiger partial charge >= 0.3 is 12.1 Å². The zero-order chi connectivity index (χ0) is 16.1. The summed E-state index contributed by atoms with van der Waals surface area (Å²) in [5.41, 5.74) is -1.04. The van der Waals surface area contributed by atoms with Gasteiger partial charge in [-0.1, -0.05) is 17.7 Å². The van der Waals surface area contributed by atoms with Crippen molar-refractivity contribution in [1.29, 1.82) is 0 Å². The summed E-state index contributed by atoms with van der Waals surface area (Å²) in [5.74, 6) is -0.933. The maximum absolute atomic E-state index is 12.9. The van der Waals surface area contributed by atoms with Gasteiger partial charge in [0.2, 0.25) is 0 Å². The normalized spacial score (nSPS) is 12.7. The third-order valence-corrected chi connectivity index (χ3v) is 3.42. The van der Waals surface area contributed by atoms with Gasteiger partial charge in [-0.2, -0.15) is 13.2 Å². The average molecular weight is 330 g/mol. The van der Waals surface area contributed by atoms with Gasteiger partial charge in [-0.3, -0.25) is 0 Å². The van der Waals surface area contributed by atoms with Gasteiger partial charge in [-0.05, 0) is 18.2 Å². The predicted octanol–water partition coefficient (Wildman–Crippen LogP) is 4.91. The van der Waals surface area contributed by atoms with Crippen LogP contribution in [-0.2, 0) is 6.18 Å². The van der Waals surface area contributed by atoms with Crippen LogP contribution in [0.5, 0.6) is 11.5 Å². The summed E-state index contributed by atoms with van der Waals surface area (Å²) in [5, 5.41) is 11.3. The number of aromatic carboxylic acids is 1. The number of alkyl halides is 3. The fourth-order valence-corrected chi connectivity index (χ4v) is 2.39. The smallest absolute Gasteiger partial charge is 0.417 e. The van der Waals surface area contributed by atoms with E-state index in [0.29, 0.717) is 0 Å². The molecule has 0 bridgehead atoms. The number of benzene rings is 2. The first-order chi connectivity index (χ1) is 10.3. The molecule has 22 heavy (non-hydrogen) atoms. The van der Waals surface area contributed by atoms with E-state index in [9.17, 15) is 18.0 Å². The maximum atomic E-state index is 12.9. The summed E-state index contributed by atoms with van der Waals surface area (Å²) in [7, 11) is 0. The lowest BCUT2D eigenvalue weighted by atomic mass is 10.1. The topological polar surface area (TPSA) is 58.6 Å². The highest BCUT2D eigenvalue weighted by molar-refractivity contribution is 6.31. The van der Waals surface area contributed by atoms with E-state index in [0.717, 1.165) is 12.1 Å². The Morgan fingerprint density at radius 1 is 1.23 bits per heavy atom. The Kier molecular flexibility index (Phi) is 3.17. The molecule has 0 fully saturated rings. The number of halogens is 4. The van der Waals surface area contributed by atoms with E-state index in [1.165, 1.54) is 18.2 Å². The fourth-order valence-electron chi connectivity index (χ4n) is 2.13. The molecule has 0 spiro atoms. The van der Waals surface area contributed by atoms with Gasteiger partial charge in [-0.15, -0.1) is 0 Å². The van der Waals surface area contributed by atoms with Crippen LogP contribution in [0.1, 0.15) is 15.9 Å². The summed E-state index contributed by atoms with van der Waals surface area (Å²) >= 11 is 5.63. The number of carboxylic acid groups (broad SMARTS) is 1. The zero-order valence-corrected chi connectivity index (χ0v) is 11.4. The molecule has 0 saturated heterocycles. The first kappa shape index (κ1) is 14.5. The maximum Gasteiger partial charge on any atom is 0.417 e. The standard InChI is InChI=1S/C14H7ClF3NO3/c15-8-5-11-9(4-7(8)14(16,17)18)19-12-6(13(20)21)2-1-3-10(12)22-11/h1-5,19H,(H,20,21). The van der Waals surface area contributed by atoms with E-state index in [1.807, 2.05) is 0 Å². The highest BCUT2D eigenvalue weighted by Gasteiger charge is 2.35. The third-order valence-electron chi connectivity index (χ3n) is 3.11. The number of para-hydroxylation sites is 1. The van der Waals surface area contributed by atoms with Gasteiger partial charge in [0.15, 0.2) is 11.5 Å². The van der Waals surface area contributed by atoms with Crippen LogP contribution in [0, 0.1) is 0 Å². The fraction of sp³-hybridized carbons (Fsp3) is 0.0714. The van der Waals surface area contributed by atoms with E-state index in [1.54, 1.807) is 0 Å². The second-order valence-corrected chi connectivity index (χ2v) is 4.94. The molecule has 0 amide bonds. The van der Waals surface area contributed by atoms with Gasteiger partial charge in [0.05, 0.1) is 27.5 Å². The lowest BCUT2D eigenvalue weighted by molar-refractivity contribution is -0.137. The Labute approximate surface area is 127 Å². The van der Waals surface area contributed by atoms with Gasteiger partial charge in [0.1, 0.15) is 0 Å². The van der Waals surface area contributed by atoms with Gasteiger partial charge < -0.3 is 15.2 Å². The first-order valence-corrected chi connectivity index (χ1v) is 6.37. The van der Waals surface area contributed by atoms with Crippen molar-refractivity contribution in [1.82, 2.24) is 0 Å². The molecule has 1 aliphatic heterocycles. The van der Waals surface area contributed by atoms with E-state index in [-0.39, 0.29) is 28.4 Å². The molecule has 4 nitrogen and oxygen atoms in total. The lowest BCUT2D eigenvalue weighted by Gasteiger charge is -2.24. The van der Waals surface area contributed by atoms with Crippen molar-refractivity contribution in [3.63, 3.8) is 0 Å². The summed E-state index contributed by atoms with van der Waals surface area (Å²) in [6.07, 6.45) is -4.62. The molecule has 0 saturated carbocycles. The van der Waals surface area contributed by atoms with Gasteiger partial charge in [0.25, 0.3) is 0 Å². The van der Waals surface area contributed by atoms with Crippen LogP contribution in [0.25, 0.3) is 0 Å². The monoisotopic (exact) mass is 329 g/mol. The van der Waals surface area contributed by atoms with Crippen molar-refractivity contribution in [2.45, 2.75) is 6.18 Å². The Morgan fingerprint density at radius 2 is 1.95 bits per heavy atom. The Morgan fingerprint density at radius 3 is 2.59 bits per heavy atom. The predicted molar refractivity (Wildman–Crippen MR) is 73.2 cm³/mol. The SMILES string of the molecule is O=C(O)c1cccc2c1Nc1cc(C(F)(F)F)c(Cl)cc1O2. The molecule has 0 atom stereocenters. The Hall–Kier alpha value is -2.41. The summed E-state index contributed by atoms with van der Waals surface area (Å²) in [6.45, 7) is 0. The van der Waals surface area contributed by atoms with Crippen LogP contribution in [-0.4, -0.2) is 11.1 Å². The molecule has 3 rings (SSSR count). The van der Waals surface area contributed by atoms with Crippen LogP contribution in [0.4, 0.5) is 24.5 Å². The molecular formula is C14H7ClF3NO3. The van der Waals surface area contributed by atoms with E-state index in [2.05, 4.69) is 5.32 Å². The second-order valence-electron chi connectivity index (χ2n) is 4.54. The van der Waals surface area contributed by atoms with Gasteiger partial charge in [0, 0.05) is 6.07 Å². The van der Waals surface area contributed by atoms with Crippen molar-refractivity contribution in [3.05, 3.63) is 46.5 Å². The van der Waals surface area contributed by atoms with Gasteiger partial charge in [-0.25, -0.2) is 4.79 Å². The number of carboxylic acids is 1. The number of carbonyl (C=O) groups is 1. The van der Waals surface area contributed by atoms with E-state index in [4.69, 9.17) is 21.4 Å². The van der Waals surface area contributed by atoms with Crippen molar-refractivity contribution in [3.8, 4) is 11.5 Å². The third kappa shape index (κ3) is 2.33. The Balaban J connectivity index is 2.13. The number of hydrogen-bond donors (Lipinski definition) is 2. The van der Waals surface area contributed by atoms with Crippen molar-refractivity contribution < 1.29 is 27.8 Å². The van der Waals surface area contributed by atoms with Crippen molar-refractivity contribution in [2.75, 3.05) is 5.32 Å². The van der Waals surface area contributed by atoms with Crippen LogP contribution in [0.3, 0.4) is 0 Å². The number of nitrogens with one attached hydrogen (secondary N) is 1. The minimum Gasteiger partial charge on any atom is -0.478 e. The van der Waals surface area contributed by atoms with Crippen LogP contribution in [0.2, 0.25) is 5.02 Å². The zero-order valence-electron chi connectivity index (χ0n) is 10.7. The summed E-state index contributed by atoms with van der Waals surface area (Å²) in [6, 6.07) is 6.13. The molecule has 2 aromatic rings. The van der Waals surface area contributed by atoms with Crippen molar-refractivity contribution in [2.24, 2.45) is 0 Å². The number of anilines is 2. The minimum atomic E-state index is -4.62. The van der Waals surface area contributed by atoms with Crippen molar-refractivity contribution >= 4 is 28.9 Å². The number of ether oxygens (including phenoxy) is 1. The average Bonchev–Trinajstić information content (AvgIpc) is 2.42. The molecule has 0 aromatic heterocycles. The molecule has 2 aromatic carbocycles. The number of hydrogen-bond acceptors (Lipinski definition) is 3. The highest BCUT2D eigenvalue weighted by Crippen LogP contribution is 2.47. The molecule has 0 aliphatic carbocycles. The summed E-state index contributed by atoms with van der Waals surface area (Å²) < 4.78 is 44.1. The molecule has 8 heteroatoms. The molecule has 0 radical (unpaired) electrons. The second kappa shape index (κ2) is 4.81. The Bertz CT molecular complexity index is 790. The molecular weight excluding hydrogens is 323 g/mol. The number of fused-ring (bicyclic) bond motifs is 2. The molecule has 1 aliphatic rings. The highest BCUT2D eigenvalue weighted by atomic mass is 35.5. The van der Waals surface area contributed by atoms with Crippen LogP contribution >= 0.6 is 11.6 Å². The molecule has 114 valence electrons. The lowest BCUT2D eigenvalue weighted by Crippen LogP contribution is -2.11. The van der Waals surface area contributed by atoms with Crippen LogP contribution in [0.15, 0.2) is 30.3 Å². The largest absolute Gasteiger partial charge is 0.478 e. The van der Waals surface area contributed by atoms with E-state index >= 15 is 0 Å². The summed E-state index contributed by atoms with van der Waals surface area (Å²) in [4.78, 5) is 11.2. The minimum absolute atomic E-state index is 0.00192. The number of rotatable bonds is 1. The molecule has 0 unspecified atom stereocenters. The van der Waals surface area contributed by atoms with Crippen LogP contribution < -0.4 is 10.1 Å².